The lowest BCUT2D eigenvalue weighted by Gasteiger charge is -1.98. The van der Waals surface area contributed by atoms with Crippen molar-refractivity contribution < 1.29 is 4.79 Å². The Morgan fingerprint density at radius 2 is 2.22 bits per heavy atom. The van der Waals surface area contributed by atoms with E-state index in [0.29, 0.717) is 5.71 Å². The molecular weight excluding hydrogens is 118 g/mol. The summed E-state index contributed by atoms with van der Waals surface area (Å²) < 4.78 is 0. The Labute approximate surface area is 52.7 Å². The third-order valence-electron chi connectivity index (χ3n) is 1.17. The summed E-state index contributed by atoms with van der Waals surface area (Å²) in [6, 6.07) is 0. The number of rotatable bonds is 0. The number of nitrogens with zero attached hydrogens (tertiary/aromatic N) is 2. The maximum atomic E-state index is 10.7. The number of nitrogens with one attached hydrogen (secondary N) is 1. The van der Waals surface area contributed by atoms with Crippen molar-refractivity contribution in [2.24, 2.45) is 5.10 Å². The van der Waals surface area contributed by atoms with Crippen LogP contribution in [0, 0.1) is 5.41 Å². The smallest absolute Gasteiger partial charge is 0.293 e. The van der Waals surface area contributed by atoms with Gasteiger partial charge in [-0.2, -0.15) is 5.10 Å². The van der Waals surface area contributed by atoms with Crippen LogP contribution in [0.25, 0.3) is 0 Å². The maximum Gasteiger partial charge on any atom is 0.293 e. The molecule has 0 aromatic carbocycles. The summed E-state index contributed by atoms with van der Waals surface area (Å²) >= 11 is 0. The zero-order valence-electron chi connectivity index (χ0n) is 5.30. The van der Waals surface area contributed by atoms with E-state index in [1.54, 1.807) is 6.92 Å². The largest absolute Gasteiger partial charge is 0.294 e. The molecule has 0 saturated carbocycles. The predicted molar refractivity (Wildman–Crippen MR) is 33.6 cm³/mol. The minimum Gasteiger partial charge on any atom is -0.294 e. The van der Waals surface area contributed by atoms with Crippen LogP contribution < -0.4 is 0 Å². The lowest BCUT2D eigenvalue weighted by Crippen LogP contribution is -2.22. The summed E-state index contributed by atoms with van der Waals surface area (Å²) in [6.07, 6.45) is 0. The van der Waals surface area contributed by atoms with Crippen LogP contribution in [0.5, 0.6) is 0 Å². The van der Waals surface area contributed by atoms with E-state index in [0.717, 1.165) is 5.01 Å². The topological polar surface area (TPSA) is 56.5 Å². The van der Waals surface area contributed by atoms with Gasteiger partial charge in [-0.25, -0.2) is 5.01 Å². The quantitative estimate of drug-likeness (QED) is 0.481. The number of hydrogen-bond acceptors (Lipinski definition) is 3. The fraction of sp³-hybridized carbons (Fsp3) is 0.400. The van der Waals surface area contributed by atoms with Crippen LogP contribution in [0.1, 0.15) is 6.92 Å². The van der Waals surface area contributed by atoms with Crippen molar-refractivity contribution in [2.45, 2.75) is 6.92 Å². The molecule has 0 bridgehead atoms. The lowest BCUT2D eigenvalue weighted by atomic mass is 10.3. The minimum absolute atomic E-state index is 0.00231. The van der Waals surface area contributed by atoms with Crippen molar-refractivity contribution in [3.05, 3.63) is 0 Å². The first-order valence-corrected chi connectivity index (χ1v) is 2.55. The molecule has 1 amide bonds. The van der Waals surface area contributed by atoms with Crippen molar-refractivity contribution in [1.82, 2.24) is 5.01 Å². The highest BCUT2D eigenvalue weighted by atomic mass is 16.2. The molecule has 1 aliphatic rings. The van der Waals surface area contributed by atoms with Crippen molar-refractivity contribution in [3.63, 3.8) is 0 Å². The van der Waals surface area contributed by atoms with E-state index in [4.69, 9.17) is 5.41 Å². The number of carbonyl (C=O) groups is 1. The Balaban J connectivity index is 2.95. The molecule has 1 heterocycles. The van der Waals surface area contributed by atoms with E-state index in [1.807, 2.05) is 0 Å². The van der Waals surface area contributed by atoms with E-state index >= 15 is 0 Å². The molecule has 0 aromatic heterocycles. The predicted octanol–water partition coefficient (Wildman–Crippen LogP) is -0.146. The molecule has 0 saturated heterocycles. The molecule has 48 valence electrons. The average Bonchev–Trinajstić information content (AvgIpc) is 1.98. The Morgan fingerprint density at radius 1 is 1.67 bits per heavy atom. The molecule has 0 aliphatic carbocycles. The third-order valence-corrected chi connectivity index (χ3v) is 1.17. The molecule has 1 aliphatic heterocycles. The molecule has 0 atom stereocenters. The van der Waals surface area contributed by atoms with Gasteiger partial charge in [-0.05, 0) is 6.92 Å². The second-order valence-electron chi connectivity index (χ2n) is 1.89. The van der Waals surface area contributed by atoms with Crippen LogP contribution in [0.4, 0.5) is 0 Å². The highest BCUT2D eigenvalue weighted by Crippen LogP contribution is 1.99. The molecule has 1 N–H and O–H groups in total. The van der Waals surface area contributed by atoms with Gasteiger partial charge in [0.05, 0.1) is 5.71 Å². The number of hydrogen-bond donors (Lipinski definition) is 1. The Bertz CT molecular complexity index is 206. The summed E-state index contributed by atoms with van der Waals surface area (Å²) in [5.41, 5.74) is 0.486. The first-order chi connectivity index (χ1) is 4.13. The van der Waals surface area contributed by atoms with Gasteiger partial charge in [-0.3, -0.25) is 10.2 Å². The molecule has 0 aromatic rings. The van der Waals surface area contributed by atoms with Gasteiger partial charge < -0.3 is 0 Å². The second kappa shape index (κ2) is 1.65. The highest BCUT2D eigenvalue weighted by Gasteiger charge is 2.23. The number of carbonyl (C=O) groups excluding carboxylic acids is 1. The summed E-state index contributed by atoms with van der Waals surface area (Å²) in [5, 5.41) is 12.0. The Hall–Kier alpha value is -1.19. The average molecular weight is 125 g/mol. The van der Waals surface area contributed by atoms with Gasteiger partial charge in [0.1, 0.15) is 5.71 Å². The van der Waals surface area contributed by atoms with E-state index in [1.165, 1.54) is 7.05 Å². The molecular formula is C5H7N3O. The molecule has 4 nitrogen and oxygen atoms in total. The van der Waals surface area contributed by atoms with Crippen LogP contribution in [0.3, 0.4) is 0 Å². The van der Waals surface area contributed by atoms with Crippen molar-refractivity contribution in [3.8, 4) is 0 Å². The number of hydrazone groups is 1. The summed E-state index contributed by atoms with van der Waals surface area (Å²) in [5.74, 6) is -0.326. The normalized spacial score (nSPS) is 18.9. The van der Waals surface area contributed by atoms with Gasteiger partial charge in [0.25, 0.3) is 5.91 Å². The fourth-order valence-electron chi connectivity index (χ4n) is 0.637. The molecule has 0 unspecified atom stereocenters. The maximum absolute atomic E-state index is 10.7. The Kier molecular flexibility index (Phi) is 1.09. The van der Waals surface area contributed by atoms with Gasteiger partial charge in [0, 0.05) is 7.05 Å². The zero-order chi connectivity index (χ0) is 7.02. The van der Waals surface area contributed by atoms with Crippen LogP contribution in [-0.2, 0) is 4.79 Å². The van der Waals surface area contributed by atoms with Gasteiger partial charge in [0.2, 0.25) is 0 Å². The molecule has 0 fully saturated rings. The highest BCUT2D eigenvalue weighted by molar-refractivity contribution is 6.67. The first kappa shape index (κ1) is 5.94. The van der Waals surface area contributed by atoms with Gasteiger partial charge >= 0.3 is 0 Å². The fourth-order valence-corrected chi connectivity index (χ4v) is 0.637. The molecule has 1 rings (SSSR count). The monoisotopic (exact) mass is 125 g/mol. The van der Waals surface area contributed by atoms with Crippen LogP contribution >= 0.6 is 0 Å². The second-order valence-corrected chi connectivity index (χ2v) is 1.89. The van der Waals surface area contributed by atoms with Gasteiger partial charge in [-0.15, -0.1) is 0 Å². The van der Waals surface area contributed by atoms with Crippen LogP contribution in [0.2, 0.25) is 0 Å². The van der Waals surface area contributed by atoms with Crippen LogP contribution in [-0.4, -0.2) is 29.4 Å². The van der Waals surface area contributed by atoms with E-state index in [2.05, 4.69) is 5.10 Å². The molecule has 0 radical (unpaired) electrons. The third kappa shape index (κ3) is 0.718. The van der Waals surface area contributed by atoms with E-state index in [9.17, 15) is 4.79 Å². The summed E-state index contributed by atoms with van der Waals surface area (Å²) in [4.78, 5) is 10.7. The number of amides is 1. The zero-order valence-corrected chi connectivity index (χ0v) is 5.30. The SMILES string of the molecule is CC1=NN(C)C(=O)C1=N. The lowest BCUT2D eigenvalue weighted by molar-refractivity contribution is -0.122. The standard InChI is InChI=1S/C5H7N3O/c1-3-4(6)5(9)8(2)7-3/h6H,1-2H3. The van der Waals surface area contributed by atoms with Gasteiger partial charge in [0.15, 0.2) is 0 Å². The first-order valence-electron chi connectivity index (χ1n) is 2.55. The van der Waals surface area contributed by atoms with Crippen molar-refractivity contribution in [2.75, 3.05) is 7.05 Å². The Morgan fingerprint density at radius 3 is 2.33 bits per heavy atom. The van der Waals surface area contributed by atoms with E-state index in [-0.39, 0.29) is 11.6 Å². The summed E-state index contributed by atoms with van der Waals surface area (Å²) in [7, 11) is 1.54. The molecule has 4 heteroatoms. The van der Waals surface area contributed by atoms with Crippen LogP contribution in [0.15, 0.2) is 5.10 Å². The van der Waals surface area contributed by atoms with Crippen molar-refractivity contribution >= 4 is 17.3 Å². The molecule has 0 spiro atoms. The van der Waals surface area contributed by atoms with E-state index < -0.39 is 0 Å². The minimum atomic E-state index is -0.326. The summed E-state index contributed by atoms with van der Waals surface area (Å²) in [6.45, 7) is 1.64. The van der Waals surface area contributed by atoms with Crippen molar-refractivity contribution in [1.29, 1.82) is 5.41 Å². The van der Waals surface area contributed by atoms with Gasteiger partial charge in [-0.1, -0.05) is 0 Å². The molecule has 9 heavy (non-hydrogen) atoms.